The van der Waals surface area contributed by atoms with Gasteiger partial charge in [-0.25, -0.2) is 26.1 Å². The van der Waals surface area contributed by atoms with E-state index in [-0.39, 0.29) is 4.47 Å². The molecule has 1 rings (SSSR count). The first kappa shape index (κ1) is 24.1. The molecule has 0 spiro atoms. The van der Waals surface area contributed by atoms with Crippen molar-refractivity contribution in [3.05, 3.63) is 33.8 Å². The second-order valence-corrected chi connectivity index (χ2v) is 13.3. The van der Waals surface area contributed by atoms with E-state index < -0.39 is 58.8 Å². The van der Waals surface area contributed by atoms with Gasteiger partial charge in [0.1, 0.15) is 11.6 Å². The number of nitriles is 1. The minimum absolute atomic E-state index is 0.0644. The number of hydrogen-bond acceptors (Lipinski definition) is 4. The van der Waals surface area contributed by atoms with Crippen LogP contribution in [0.15, 0.2) is 16.6 Å². The van der Waals surface area contributed by atoms with Crippen molar-refractivity contribution in [1.82, 2.24) is 4.72 Å². The third-order valence-electron chi connectivity index (χ3n) is 4.00. The number of nitrogens with one attached hydrogen (secondary N) is 1. The van der Waals surface area contributed by atoms with Crippen molar-refractivity contribution in [2.24, 2.45) is 0 Å². The second-order valence-electron chi connectivity index (χ2n) is 7.91. The minimum Gasteiger partial charge on any atom is -0.242 e. The molecule has 0 aliphatic carbocycles. The maximum Gasteiger partial charge on any atom is 0.170 e. The number of rotatable bonds is 6. The average molecular weight is 485 g/mol. The zero-order valence-electron chi connectivity index (χ0n) is 16.0. The molecule has 0 saturated carbocycles. The van der Waals surface area contributed by atoms with E-state index in [1.165, 1.54) is 20.8 Å². The zero-order chi connectivity index (χ0) is 21.4. The highest BCUT2D eigenvalue weighted by Gasteiger charge is 2.45. The number of nitrogens with zero attached hydrogens (tertiary/aromatic N) is 1. The summed E-state index contributed by atoms with van der Waals surface area (Å²) in [7, 11) is -6.00. The molecular formula is C17H23BrF2N2O3S2. The van der Waals surface area contributed by atoms with Crippen molar-refractivity contribution < 1.29 is 21.4 Å². The third kappa shape index (κ3) is 5.13. The normalized spacial score (nSPS) is 16.4. The van der Waals surface area contributed by atoms with Gasteiger partial charge >= 0.3 is 0 Å². The Morgan fingerprint density at radius 2 is 1.70 bits per heavy atom. The van der Waals surface area contributed by atoms with Crippen molar-refractivity contribution in [2.45, 2.75) is 56.6 Å². The van der Waals surface area contributed by atoms with Gasteiger partial charge in [-0.2, -0.15) is 5.26 Å². The van der Waals surface area contributed by atoms with E-state index in [1.807, 2.05) is 0 Å². The fraction of sp³-hybridized carbons (Fsp3) is 0.588. The third-order valence-corrected chi connectivity index (χ3v) is 8.96. The van der Waals surface area contributed by atoms with Crippen molar-refractivity contribution in [2.75, 3.05) is 5.75 Å². The summed E-state index contributed by atoms with van der Waals surface area (Å²) < 4.78 is 67.5. The summed E-state index contributed by atoms with van der Waals surface area (Å²) in [6.07, 6.45) is 0. The van der Waals surface area contributed by atoms with Crippen LogP contribution in [0.5, 0.6) is 0 Å². The maximum absolute atomic E-state index is 14.8. The molecule has 0 amide bonds. The summed E-state index contributed by atoms with van der Waals surface area (Å²) in [5.74, 6) is -2.81. The van der Waals surface area contributed by atoms with Gasteiger partial charge in [-0.1, -0.05) is 0 Å². The van der Waals surface area contributed by atoms with Crippen LogP contribution < -0.4 is 4.72 Å². The summed E-state index contributed by atoms with van der Waals surface area (Å²) in [5.41, 5.74) is -2.45. The van der Waals surface area contributed by atoms with Crippen LogP contribution in [0.25, 0.3) is 0 Å². The van der Waals surface area contributed by atoms with Crippen LogP contribution in [-0.2, 0) is 26.4 Å². The largest absolute Gasteiger partial charge is 0.242 e. The Labute approximate surface area is 170 Å². The Balaban J connectivity index is 3.69. The van der Waals surface area contributed by atoms with Gasteiger partial charge in [-0.05, 0) is 69.6 Å². The standard InChI is InChI=1S/C17H23BrF2N2O3S2/c1-15(2,3)26(23)22-17(6,10-27(24,25)16(4,5)9-21)13-12(19)8-7-11(18)14(13)20/h7-8,22H,10H2,1-6H3/t17-,26-/m1/s1. The van der Waals surface area contributed by atoms with Crippen LogP contribution in [0.1, 0.15) is 47.1 Å². The molecule has 0 radical (unpaired) electrons. The number of halogens is 3. The van der Waals surface area contributed by atoms with E-state index in [2.05, 4.69) is 20.7 Å². The smallest absolute Gasteiger partial charge is 0.170 e. The number of sulfone groups is 1. The second kappa shape index (κ2) is 7.85. The molecule has 0 heterocycles. The van der Waals surface area contributed by atoms with Gasteiger partial charge in [0.2, 0.25) is 0 Å². The molecule has 0 aliphatic heterocycles. The maximum atomic E-state index is 14.8. The molecule has 0 unspecified atom stereocenters. The van der Waals surface area contributed by atoms with Crippen LogP contribution in [0.4, 0.5) is 8.78 Å². The van der Waals surface area contributed by atoms with E-state index in [1.54, 1.807) is 26.8 Å². The van der Waals surface area contributed by atoms with Crippen LogP contribution in [0, 0.1) is 23.0 Å². The average Bonchev–Trinajstić information content (AvgIpc) is 2.49. The Bertz CT molecular complexity index is 906. The molecule has 0 aromatic heterocycles. The van der Waals surface area contributed by atoms with E-state index in [0.717, 1.165) is 12.1 Å². The highest BCUT2D eigenvalue weighted by atomic mass is 79.9. The fourth-order valence-electron chi connectivity index (χ4n) is 2.17. The Hall–Kier alpha value is -0.890. The highest BCUT2D eigenvalue weighted by molar-refractivity contribution is 9.10. The summed E-state index contributed by atoms with van der Waals surface area (Å²) >= 11 is 2.96. The molecule has 0 saturated heterocycles. The lowest BCUT2D eigenvalue weighted by molar-refractivity contribution is 0.420. The fourth-order valence-corrected chi connectivity index (χ4v) is 4.96. The van der Waals surface area contributed by atoms with Crippen LogP contribution in [0.2, 0.25) is 0 Å². The molecule has 2 atom stereocenters. The molecule has 27 heavy (non-hydrogen) atoms. The van der Waals surface area contributed by atoms with E-state index in [9.17, 15) is 26.7 Å². The molecular weight excluding hydrogens is 462 g/mol. The first-order valence-corrected chi connectivity index (χ1v) is 11.6. The molecule has 152 valence electrons. The predicted octanol–water partition coefficient (Wildman–Crippen LogP) is 3.71. The van der Waals surface area contributed by atoms with Gasteiger partial charge in [0.25, 0.3) is 0 Å². The summed E-state index contributed by atoms with van der Waals surface area (Å²) in [5, 5.41) is 9.20. The quantitative estimate of drug-likeness (QED) is 0.623. The van der Waals surface area contributed by atoms with Gasteiger partial charge in [0.15, 0.2) is 14.6 Å². The highest BCUT2D eigenvalue weighted by Crippen LogP contribution is 2.35. The summed E-state index contributed by atoms with van der Waals surface area (Å²) in [6, 6.07) is 3.84. The van der Waals surface area contributed by atoms with Crippen LogP contribution >= 0.6 is 15.9 Å². The molecule has 0 fully saturated rings. The van der Waals surface area contributed by atoms with Gasteiger partial charge < -0.3 is 0 Å². The van der Waals surface area contributed by atoms with Crippen molar-refractivity contribution in [3.63, 3.8) is 0 Å². The van der Waals surface area contributed by atoms with E-state index in [4.69, 9.17) is 0 Å². The Morgan fingerprint density at radius 1 is 1.19 bits per heavy atom. The van der Waals surface area contributed by atoms with E-state index in [0.29, 0.717) is 0 Å². The lowest BCUT2D eigenvalue weighted by Gasteiger charge is -2.35. The molecule has 0 aliphatic rings. The molecule has 1 N–H and O–H groups in total. The Kier molecular flexibility index (Phi) is 7.02. The molecule has 0 bridgehead atoms. The number of benzene rings is 1. The predicted molar refractivity (Wildman–Crippen MR) is 106 cm³/mol. The van der Waals surface area contributed by atoms with Crippen LogP contribution in [0.3, 0.4) is 0 Å². The van der Waals surface area contributed by atoms with Gasteiger partial charge in [-0.3, -0.25) is 0 Å². The first-order valence-electron chi connectivity index (χ1n) is 7.96. The molecule has 10 heteroatoms. The molecule has 1 aromatic carbocycles. The van der Waals surface area contributed by atoms with Gasteiger partial charge in [0, 0.05) is 5.56 Å². The van der Waals surface area contributed by atoms with Crippen molar-refractivity contribution in [1.29, 1.82) is 5.26 Å². The lowest BCUT2D eigenvalue weighted by Crippen LogP contribution is -2.53. The first-order chi connectivity index (χ1) is 12.0. The summed E-state index contributed by atoms with van der Waals surface area (Å²) in [4.78, 5) is 0. The van der Waals surface area contributed by atoms with Crippen molar-refractivity contribution >= 4 is 36.8 Å². The molecule has 5 nitrogen and oxygen atoms in total. The van der Waals surface area contributed by atoms with Gasteiger partial charge in [-0.15, -0.1) is 0 Å². The molecule has 1 aromatic rings. The SMILES string of the molecule is CC(C)(C)[S@@](=O)N[C@](C)(CS(=O)(=O)C(C)(C)C#N)c1c(F)ccc(Br)c1F. The van der Waals surface area contributed by atoms with Crippen molar-refractivity contribution in [3.8, 4) is 6.07 Å². The van der Waals surface area contributed by atoms with Gasteiger partial charge in [0.05, 0.1) is 37.6 Å². The lowest BCUT2D eigenvalue weighted by atomic mass is 9.94. The van der Waals surface area contributed by atoms with E-state index >= 15 is 0 Å². The minimum atomic E-state index is -4.16. The monoisotopic (exact) mass is 484 g/mol. The summed E-state index contributed by atoms with van der Waals surface area (Å²) in [6.45, 7) is 8.58. The number of hydrogen-bond donors (Lipinski definition) is 1. The topological polar surface area (TPSA) is 87.0 Å². The van der Waals surface area contributed by atoms with Crippen LogP contribution in [-0.4, -0.2) is 27.9 Å². The Morgan fingerprint density at radius 3 is 2.15 bits per heavy atom. The zero-order valence-corrected chi connectivity index (χ0v) is 19.2.